The number of carbonyl (C=O) groups is 1. The molecule has 1 aromatic heterocycles. The molecular formula is C17H19N3O. The Balaban J connectivity index is 1.33. The van der Waals surface area contributed by atoms with E-state index in [0.717, 1.165) is 29.7 Å². The molecule has 1 fully saturated rings. The fraction of sp³-hybridized carbons (Fsp3) is 0.412. The Bertz CT molecular complexity index is 670. The van der Waals surface area contributed by atoms with Crippen LogP contribution in [0.25, 0.3) is 11.0 Å². The Labute approximate surface area is 123 Å². The number of benzene rings is 1. The average Bonchev–Trinajstić information content (AvgIpc) is 3.21. The lowest BCUT2D eigenvalue weighted by atomic mass is 9.93. The smallest absolute Gasteiger partial charge is 0.223 e. The van der Waals surface area contributed by atoms with Crippen molar-refractivity contribution in [1.29, 1.82) is 0 Å². The van der Waals surface area contributed by atoms with Crippen LogP contribution in [0.3, 0.4) is 0 Å². The quantitative estimate of drug-likeness (QED) is 0.846. The number of carbonyl (C=O) groups excluding carboxylic acids is 1. The highest BCUT2D eigenvalue weighted by Gasteiger charge is 2.39. The largest absolute Gasteiger partial charge is 0.355 e. The number of para-hydroxylation sites is 2. The highest BCUT2D eigenvalue weighted by atomic mass is 16.1. The highest BCUT2D eigenvalue weighted by Crippen LogP contribution is 2.43. The van der Waals surface area contributed by atoms with E-state index in [1.165, 1.54) is 6.42 Å². The minimum absolute atomic E-state index is 0.190. The first kappa shape index (κ1) is 12.6. The summed E-state index contributed by atoms with van der Waals surface area (Å²) >= 11 is 0. The zero-order valence-electron chi connectivity index (χ0n) is 11.9. The van der Waals surface area contributed by atoms with Crippen molar-refractivity contribution in [1.82, 2.24) is 15.3 Å². The third-order valence-corrected chi connectivity index (χ3v) is 4.72. The van der Waals surface area contributed by atoms with Gasteiger partial charge in [-0.25, -0.2) is 4.98 Å². The number of fused-ring (bicyclic) bond motifs is 3. The number of nitrogens with one attached hydrogen (secondary N) is 2. The lowest BCUT2D eigenvalue weighted by molar-refractivity contribution is -0.125. The summed E-state index contributed by atoms with van der Waals surface area (Å²) in [6.45, 7) is 0.649. The molecule has 2 bridgehead atoms. The number of amides is 1. The Kier molecular flexibility index (Phi) is 3.02. The molecule has 2 aliphatic carbocycles. The van der Waals surface area contributed by atoms with Crippen LogP contribution in [0.4, 0.5) is 0 Å². The van der Waals surface area contributed by atoms with E-state index < -0.39 is 0 Å². The van der Waals surface area contributed by atoms with Crippen LogP contribution in [-0.4, -0.2) is 22.4 Å². The maximum Gasteiger partial charge on any atom is 0.223 e. The standard InChI is InChI=1S/C17H19N3O/c21-17(13-10-11-5-6-12(13)9-11)18-8-7-16-19-14-3-1-2-4-15(14)20-16/h1-6,11-13H,7-10H2,(H,18,21)(H,19,20). The molecule has 1 saturated carbocycles. The van der Waals surface area contributed by atoms with E-state index in [9.17, 15) is 4.79 Å². The van der Waals surface area contributed by atoms with Crippen molar-refractivity contribution in [3.63, 3.8) is 0 Å². The zero-order valence-corrected chi connectivity index (χ0v) is 11.9. The van der Waals surface area contributed by atoms with Crippen molar-refractivity contribution >= 4 is 16.9 Å². The van der Waals surface area contributed by atoms with Gasteiger partial charge in [-0.2, -0.15) is 0 Å². The first-order valence-electron chi connectivity index (χ1n) is 7.69. The summed E-state index contributed by atoms with van der Waals surface area (Å²) < 4.78 is 0. The third kappa shape index (κ3) is 2.35. The van der Waals surface area contributed by atoms with Crippen LogP contribution in [0.1, 0.15) is 18.7 Å². The molecule has 21 heavy (non-hydrogen) atoms. The predicted octanol–water partition coefficient (Wildman–Crippen LogP) is 2.43. The minimum Gasteiger partial charge on any atom is -0.355 e. The van der Waals surface area contributed by atoms with Gasteiger partial charge in [0, 0.05) is 18.9 Å². The van der Waals surface area contributed by atoms with Crippen LogP contribution < -0.4 is 5.32 Å². The average molecular weight is 281 g/mol. The zero-order chi connectivity index (χ0) is 14.2. The molecule has 3 atom stereocenters. The van der Waals surface area contributed by atoms with E-state index in [-0.39, 0.29) is 11.8 Å². The third-order valence-electron chi connectivity index (χ3n) is 4.72. The van der Waals surface area contributed by atoms with Gasteiger partial charge in [-0.3, -0.25) is 4.79 Å². The van der Waals surface area contributed by atoms with Gasteiger partial charge in [0.1, 0.15) is 5.82 Å². The van der Waals surface area contributed by atoms with E-state index in [4.69, 9.17) is 0 Å². The van der Waals surface area contributed by atoms with Crippen LogP contribution in [0.15, 0.2) is 36.4 Å². The van der Waals surface area contributed by atoms with Crippen molar-refractivity contribution in [2.75, 3.05) is 6.54 Å². The molecule has 0 radical (unpaired) electrons. The van der Waals surface area contributed by atoms with Gasteiger partial charge in [0.05, 0.1) is 11.0 Å². The van der Waals surface area contributed by atoms with E-state index in [2.05, 4.69) is 27.4 Å². The molecule has 1 aromatic carbocycles. The summed E-state index contributed by atoms with van der Waals surface area (Å²) in [5, 5.41) is 3.07. The first-order valence-corrected chi connectivity index (χ1v) is 7.69. The highest BCUT2D eigenvalue weighted by molar-refractivity contribution is 5.80. The normalized spacial score (nSPS) is 26.6. The summed E-state index contributed by atoms with van der Waals surface area (Å²) in [6, 6.07) is 7.99. The van der Waals surface area contributed by atoms with Crippen molar-refractivity contribution in [3.8, 4) is 0 Å². The van der Waals surface area contributed by atoms with E-state index >= 15 is 0 Å². The predicted molar refractivity (Wildman–Crippen MR) is 81.7 cm³/mol. The van der Waals surface area contributed by atoms with Crippen molar-refractivity contribution < 1.29 is 4.79 Å². The minimum atomic E-state index is 0.190. The number of allylic oxidation sites excluding steroid dienone is 2. The number of rotatable bonds is 4. The van der Waals surface area contributed by atoms with Crippen LogP contribution in [0.5, 0.6) is 0 Å². The molecule has 1 amide bonds. The SMILES string of the molecule is O=C(NCCc1nc2ccccc2[nH]1)C1CC2C=CC1C2. The van der Waals surface area contributed by atoms with E-state index in [1.807, 2.05) is 24.3 Å². The van der Waals surface area contributed by atoms with Crippen molar-refractivity contribution in [3.05, 3.63) is 42.2 Å². The second-order valence-corrected chi connectivity index (χ2v) is 6.13. The molecule has 4 rings (SSSR count). The van der Waals surface area contributed by atoms with Crippen molar-refractivity contribution in [2.24, 2.45) is 17.8 Å². The van der Waals surface area contributed by atoms with Gasteiger partial charge >= 0.3 is 0 Å². The molecule has 0 aliphatic heterocycles. The Hall–Kier alpha value is -2.10. The number of H-pyrrole nitrogens is 1. The first-order chi connectivity index (χ1) is 10.3. The molecule has 3 unspecified atom stereocenters. The fourth-order valence-corrected chi connectivity index (χ4v) is 3.64. The van der Waals surface area contributed by atoms with Crippen LogP contribution >= 0.6 is 0 Å². The van der Waals surface area contributed by atoms with Crippen LogP contribution in [0.2, 0.25) is 0 Å². The number of aromatic amines is 1. The Morgan fingerprint density at radius 2 is 2.19 bits per heavy atom. The molecule has 2 N–H and O–H groups in total. The molecule has 0 spiro atoms. The molecule has 2 aromatic rings. The molecule has 2 aliphatic rings. The molecule has 1 heterocycles. The molecule has 4 heteroatoms. The van der Waals surface area contributed by atoms with E-state index in [1.54, 1.807) is 0 Å². The second kappa shape index (κ2) is 5.02. The number of nitrogens with zero attached hydrogens (tertiary/aromatic N) is 1. The number of hydrogen-bond acceptors (Lipinski definition) is 2. The lowest BCUT2D eigenvalue weighted by Crippen LogP contribution is -2.34. The molecule has 0 saturated heterocycles. The van der Waals surface area contributed by atoms with Gasteiger partial charge in [0.2, 0.25) is 5.91 Å². The molecule has 108 valence electrons. The van der Waals surface area contributed by atoms with Gasteiger partial charge in [-0.05, 0) is 36.8 Å². The Morgan fingerprint density at radius 1 is 1.29 bits per heavy atom. The summed E-state index contributed by atoms with van der Waals surface area (Å²) in [7, 11) is 0. The number of aromatic nitrogens is 2. The van der Waals surface area contributed by atoms with Gasteiger partial charge in [-0.15, -0.1) is 0 Å². The number of imidazole rings is 1. The lowest BCUT2D eigenvalue weighted by Gasteiger charge is -2.17. The summed E-state index contributed by atoms with van der Waals surface area (Å²) in [4.78, 5) is 20.0. The second-order valence-electron chi connectivity index (χ2n) is 6.13. The summed E-state index contributed by atoms with van der Waals surface area (Å²) in [5.41, 5.74) is 2.04. The maximum absolute atomic E-state index is 12.2. The van der Waals surface area contributed by atoms with Gasteiger partial charge in [0.25, 0.3) is 0 Å². The number of hydrogen-bond donors (Lipinski definition) is 2. The summed E-state index contributed by atoms with van der Waals surface area (Å²) in [6.07, 6.45) is 7.43. The van der Waals surface area contributed by atoms with Crippen molar-refractivity contribution in [2.45, 2.75) is 19.3 Å². The monoisotopic (exact) mass is 281 g/mol. The summed E-state index contributed by atoms with van der Waals surface area (Å²) in [5.74, 6) is 2.45. The topological polar surface area (TPSA) is 57.8 Å². The van der Waals surface area contributed by atoms with E-state index in [0.29, 0.717) is 18.4 Å². The maximum atomic E-state index is 12.2. The van der Waals surface area contributed by atoms with Crippen LogP contribution in [0, 0.1) is 17.8 Å². The van der Waals surface area contributed by atoms with Gasteiger partial charge in [-0.1, -0.05) is 24.3 Å². The van der Waals surface area contributed by atoms with Gasteiger partial charge < -0.3 is 10.3 Å². The van der Waals surface area contributed by atoms with Gasteiger partial charge in [0.15, 0.2) is 0 Å². The fourth-order valence-electron chi connectivity index (χ4n) is 3.64. The Morgan fingerprint density at radius 3 is 2.95 bits per heavy atom. The molecular weight excluding hydrogens is 262 g/mol. The molecule has 4 nitrogen and oxygen atoms in total. The van der Waals surface area contributed by atoms with Crippen LogP contribution in [-0.2, 0) is 11.2 Å².